The Balaban J connectivity index is 2.97. The lowest BCUT2D eigenvalue weighted by Crippen LogP contribution is -2.30. The standard InChI is InChI=1S/C15H24FNO/c1-4-12(5-2)10-17(6-3)15-9-7-8-14(16)13(15)11-18/h7-9,12,18H,4-6,10-11H2,1-3H3. The van der Waals surface area contributed by atoms with Crippen LogP contribution in [-0.4, -0.2) is 18.2 Å². The van der Waals surface area contributed by atoms with Crippen LogP contribution in [0.15, 0.2) is 18.2 Å². The van der Waals surface area contributed by atoms with E-state index in [1.54, 1.807) is 6.07 Å². The third-order valence-corrected chi connectivity index (χ3v) is 3.61. The topological polar surface area (TPSA) is 23.5 Å². The molecule has 0 aliphatic carbocycles. The summed E-state index contributed by atoms with van der Waals surface area (Å²) >= 11 is 0. The summed E-state index contributed by atoms with van der Waals surface area (Å²) in [4.78, 5) is 2.16. The quantitative estimate of drug-likeness (QED) is 0.803. The summed E-state index contributed by atoms with van der Waals surface area (Å²) in [6, 6.07) is 5.00. The summed E-state index contributed by atoms with van der Waals surface area (Å²) in [5.41, 5.74) is 1.23. The summed E-state index contributed by atoms with van der Waals surface area (Å²) in [6.07, 6.45) is 2.24. The maximum Gasteiger partial charge on any atom is 0.130 e. The van der Waals surface area contributed by atoms with Crippen molar-refractivity contribution in [1.29, 1.82) is 0 Å². The van der Waals surface area contributed by atoms with E-state index in [4.69, 9.17) is 0 Å². The van der Waals surface area contributed by atoms with Gasteiger partial charge in [0, 0.05) is 24.3 Å². The van der Waals surface area contributed by atoms with Gasteiger partial charge in [-0.05, 0) is 25.0 Å². The lowest BCUT2D eigenvalue weighted by Gasteiger charge is -2.29. The Kier molecular flexibility index (Phi) is 6.13. The number of halogens is 1. The Labute approximate surface area is 109 Å². The SMILES string of the molecule is CCC(CC)CN(CC)c1cccc(F)c1CO. The zero-order chi connectivity index (χ0) is 13.5. The highest BCUT2D eigenvalue weighted by atomic mass is 19.1. The monoisotopic (exact) mass is 253 g/mol. The molecule has 1 rings (SSSR count). The Bertz CT molecular complexity index is 364. The van der Waals surface area contributed by atoms with Gasteiger partial charge in [-0.25, -0.2) is 4.39 Å². The molecule has 2 nitrogen and oxygen atoms in total. The molecule has 0 amide bonds. The minimum atomic E-state index is -0.321. The van der Waals surface area contributed by atoms with Gasteiger partial charge >= 0.3 is 0 Å². The molecule has 0 unspecified atom stereocenters. The van der Waals surface area contributed by atoms with E-state index in [1.807, 2.05) is 6.07 Å². The third kappa shape index (κ3) is 3.45. The van der Waals surface area contributed by atoms with Gasteiger partial charge in [0.15, 0.2) is 0 Å². The van der Waals surface area contributed by atoms with Gasteiger partial charge in [0.2, 0.25) is 0 Å². The zero-order valence-corrected chi connectivity index (χ0v) is 11.6. The van der Waals surface area contributed by atoms with Gasteiger partial charge < -0.3 is 10.0 Å². The third-order valence-electron chi connectivity index (χ3n) is 3.61. The first kappa shape index (κ1) is 15.0. The van der Waals surface area contributed by atoms with Gasteiger partial charge in [0.25, 0.3) is 0 Å². The molecule has 0 saturated heterocycles. The summed E-state index contributed by atoms with van der Waals surface area (Å²) in [5.74, 6) is 0.290. The molecule has 0 spiro atoms. The van der Waals surface area contributed by atoms with Crippen LogP contribution in [0.4, 0.5) is 10.1 Å². The van der Waals surface area contributed by atoms with Crippen molar-refractivity contribution < 1.29 is 9.50 Å². The van der Waals surface area contributed by atoms with Crippen LogP contribution in [-0.2, 0) is 6.61 Å². The van der Waals surface area contributed by atoms with Crippen LogP contribution >= 0.6 is 0 Å². The maximum atomic E-state index is 13.7. The van der Waals surface area contributed by atoms with Crippen molar-refractivity contribution in [3.63, 3.8) is 0 Å². The fraction of sp³-hybridized carbons (Fsp3) is 0.600. The fourth-order valence-corrected chi connectivity index (χ4v) is 2.26. The molecule has 1 aromatic rings. The zero-order valence-electron chi connectivity index (χ0n) is 11.6. The number of hydrogen-bond acceptors (Lipinski definition) is 2. The highest BCUT2D eigenvalue weighted by Crippen LogP contribution is 2.25. The molecule has 1 aromatic carbocycles. The molecule has 0 saturated carbocycles. The molecule has 0 radical (unpaired) electrons. The predicted octanol–water partition coefficient (Wildman–Crippen LogP) is 3.58. The van der Waals surface area contributed by atoms with Gasteiger partial charge in [-0.15, -0.1) is 0 Å². The molecule has 0 bridgehead atoms. The Morgan fingerprint density at radius 2 is 1.89 bits per heavy atom. The highest BCUT2D eigenvalue weighted by Gasteiger charge is 2.15. The molecule has 0 atom stereocenters. The summed E-state index contributed by atoms with van der Waals surface area (Å²) in [7, 11) is 0. The molecular formula is C15H24FNO. The molecule has 1 N–H and O–H groups in total. The maximum absolute atomic E-state index is 13.7. The summed E-state index contributed by atoms with van der Waals surface area (Å²) in [6.45, 7) is 7.92. The first-order valence-electron chi connectivity index (χ1n) is 6.80. The lowest BCUT2D eigenvalue weighted by molar-refractivity contribution is 0.276. The van der Waals surface area contributed by atoms with Gasteiger partial charge in [0.1, 0.15) is 5.82 Å². The van der Waals surface area contributed by atoms with Gasteiger partial charge in [-0.2, -0.15) is 0 Å². The molecule has 0 heterocycles. The number of nitrogens with zero attached hydrogens (tertiary/aromatic N) is 1. The normalized spacial score (nSPS) is 11.0. The van der Waals surface area contributed by atoms with Crippen molar-refractivity contribution in [2.75, 3.05) is 18.0 Å². The van der Waals surface area contributed by atoms with Gasteiger partial charge in [-0.1, -0.05) is 32.8 Å². The van der Waals surface area contributed by atoms with E-state index in [0.29, 0.717) is 11.5 Å². The molecule has 18 heavy (non-hydrogen) atoms. The van der Waals surface area contributed by atoms with Crippen LogP contribution < -0.4 is 4.90 Å². The minimum Gasteiger partial charge on any atom is -0.391 e. The smallest absolute Gasteiger partial charge is 0.130 e. The molecule has 0 aliphatic heterocycles. The van der Waals surface area contributed by atoms with E-state index < -0.39 is 0 Å². The lowest BCUT2D eigenvalue weighted by atomic mass is 10.0. The van der Waals surface area contributed by atoms with Crippen LogP contribution in [0.3, 0.4) is 0 Å². The number of benzene rings is 1. The molecular weight excluding hydrogens is 229 g/mol. The number of hydrogen-bond donors (Lipinski definition) is 1. The number of aliphatic hydroxyl groups is 1. The molecule has 0 fully saturated rings. The molecule has 102 valence electrons. The molecule has 0 aliphatic rings. The van der Waals surface area contributed by atoms with Crippen molar-refractivity contribution >= 4 is 5.69 Å². The van der Waals surface area contributed by atoms with Crippen LogP contribution in [0.5, 0.6) is 0 Å². The Hall–Kier alpha value is -1.09. The van der Waals surface area contributed by atoms with Crippen molar-refractivity contribution in [1.82, 2.24) is 0 Å². The van der Waals surface area contributed by atoms with E-state index in [0.717, 1.165) is 31.6 Å². The Morgan fingerprint density at radius 3 is 2.39 bits per heavy atom. The predicted molar refractivity (Wildman–Crippen MR) is 74.3 cm³/mol. The van der Waals surface area contributed by atoms with Crippen molar-refractivity contribution in [3.05, 3.63) is 29.6 Å². The number of anilines is 1. The minimum absolute atomic E-state index is 0.249. The van der Waals surface area contributed by atoms with Crippen molar-refractivity contribution in [2.24, 2.45) is 5.92 Å². The van der Waals surface area contributed by atoms with Crippen LogP contribution in [0.25, 0.3) is 0 Å². The van der Waals surface area contributed by atoms with E-state index in [1.165, 1.54) is 6.07 Å². The largest absolute Gasteiger partial charge is 0.391 e. The van der Waals surface area contributed by atoms with Crippen molar-refractivity contribution in [3.8, 4) is 0 Å². The molecule has 3 heteroatoms. The second-order valence-corrected chi connectivity index (χ2v) is 4.62. The van der Waals surface area contributed by atoms with Crippen molar-refractivity contribution in [2.45, 2.75) is 40.2 Å². The average Bonchev–Trinajstić information content (AvgIpc) is 2.40. The van der Waals surface area contributed by atoms with E-state index in [-0.39, 0.29) is 12.4 Å². The van der Waals surface area contributed by atoms with E-state index >= 15 is 0 Å². The van der Waals surface area contributed by atoms with E-state index in [9.17, 15) is 9.50 Å². The summed E-state index contributed by atoms with van der Waals surface area (Å²) < 4.78 is 13.7. The Morgan fingerprint density at radius 1 is 1.22 bits per heavy atom. The first-order valence-corrected chi connectivity index (χ1v) is 6.80. The number of aliphatic hydroxyl groups excluding tert-OH is 1. The van der Waals surface area contributed by atoms with Gasteiger partial charge in [-0.3, -0.25) is 0 Å². The second kappa shape index (κ2) is 7.37. The average molecular weight is 253 g/mol. The molecule has 0 aromatic heterocycles. The van der Waals surface area contributed by atoms with Gasteiger partial charge in [0.05, 0.1) is 6.61 Å². The fourth-order valence-electron chi connectivity index (χ4n) is 2.26. The summed E-state index contributed by atoms with van der Waals surface area (Å²) in [5, 5.41) is 9.33. The van der Waals surface area contributed by atoms with E-state index in [2.05, 4.69) is 25.7 Å². The van der Waals surface area contributed by atoms with Crippen LogP contribution in [0, 0.1) is 11.7 Å². The van der Waals surface area contributed by atoms with Crippen LogP contribution in [0.1, 0.15) is 39.2 Å². The van der Waals surface area contributed by atoms with Crippen LogP contribution in [0.2, 0.25) is 0 Å². The second-order valence-electron chi connectivity index (χ2n) is 4.62. The number of rotatable bonds is 7. The highest BCUT2D eigenvalue weighted by molar-refractivity contribution is 5.54. The first-order chi connectivity index (χ1) is 8.67.